The van der Waals surface area contributed by atoms with Gasteiger partial charge in [-0.15, -0.1) is 0 Å². The molecule has 0 bridgehead atoms. The van der Waals surface area contributed by atoms with E-state index in [1.165, 1.54) is 12.8 Å². The minimum atomic E-state index is -0.173. The average molecular weight is 250 g/mol. The summed E-state index contributed by atoms with van der Waals surface area (Å²) in [4.78, 5) is 10.8. The van der Waals surface area contributed by atoms with Gasteiger partial charge in [0.2, 0.25) is 5.95 Å². The Morgan fingerprint density at radius 3 is 2.56 bits per heavy atom. The third kappa shape index (κ3) is 3.57. The summed E-state index contributed by atoms with van der Waals surface area (Å²) < 4.78 is 5.72. The maximum Gasteiger partial charge on any atom is 0.222 e. The van der Waals surface area contributed by atoms with Gasteiger partial charge in [0.05, 0.1) is 17.9 Å². The third-order valence-electron chi connectivity index (χ3n) is 2.87. The topological polar surface area (TPSA) is 64.3 Å². The van der Waals surface area contributed by atoms with Crippen molar-refractivity contribution in [3.63, 3.8) is 0 Å². The summed E-state index contributed by atoms with van der Waals surface area (Å²) in [6.45, 7) is 8.65. The molecule has 2 rings (SSSR count). The van der Waals surface area contributed by atoms with Gasteiger partial charge < -0.3 is 15.4 Å². The summed E-state index contributed by atoms with van der Waals surface area (Å²) in [7, 11) is 0. The lowest BCUT2D eigenvalue weighted by Gasteiger charge is -2.21. The molecule has 1 aromatic heterocycles. The van der Waals surface area contributed by atoms with Crippen LogP contribution in [0.15, 0.2) is 6.07 Å². The number of aromatic nitrogens is 2. The Morgan fingerprint density at radius 2 is 1.94 bits per heavy atom. The Bertz CT molecular complexity index is 408. The van der Waals surface area contributed by atoms with Crippen LogP contribution in [0.4, 0.5) is 11.8 Å². The fourth-order valence-electron chi connectivity index (χ4n) is 1.98. The Labute approximate surface area is 108 Å². The fourth-order valence-corrected chi connectivity index (χ4v) is 1.98. The highest BCUT2D eigenvalue weighted by Gasteiger charge is 2.16. The van der Waals surface area contributed by atoms with E-state index in [0.29, 0.717) is 12.6 Å². The first-order valence-electron chi connectivity index (χ1n) is 6.46. The van der Waals surface area contributed by atoms with E-state index in [0.717, 1.165) is 24.6 Å². The number of nitrogen functional groups attached to an aromatic ring is 1. The molecule has 0 aromatic carbocycles. The van der Waals surface area contributed by atoms with Gasteiger partial charge in [-0.2, -0.15) is 4.98 Å². The highest BCUT2D eigenvalue weighted by Crippen LogP contribution is 2.20. The van der Waals surface area contributed by atoms with Crippen LogP contribution >= 0.6 is 0 Å². The van der Waals surface area contributed by atoms with Crippen molar-refractivity contribution in [3.8, 4) is 0 Å². The van der Waals surface area contributed by atoms with Gasteiger partial charge in [-0.1, -0.05) is 0 Å². The summed E-state index contributed by atoms with van der Waals surface area (Å²) in [6, 6.07) is 1.98. The van der Waals surface area contributed by atoms with Gasteiger partial charge in [-0.25, -0.2) is 4.98 Å². The standard InChI is InChI=1S/C13H22N4O/c1-13(2,3)18-9-10-8-11(16-12(14)15-10)17-6-4-5-7-17/h8H,4-7,9H2,1-3H3,(H2,14,15,16). The second kappa shape index (κ2) is 5.10. The molecule has 0 saturated carbocycles. The maximum absolute atomic E-state index is 5.76. The number of hydrogen-bond acceptors (Lipinski definition) is 5. The monoisotopic (exact) mass is 250 g/mol. The lowest BCUT2D eigenvalue weighted by Crippen LogP contribution is -2.22. The van der Waals surface area contributed by atoms with Gasteiger partial charge in [0.25, 0.3) is 0 Å². The molecule has 5 heteroatoms. The van der Waals surface area contributed by atoms with Crippen LogP contribution in [0.1, 0.15) is 39.3 Å². The molecule has 2 N–H and O–H groups in total. The molecule has 100 valence electrons. The summed E-state index contributed by atoms with van der Waals surface area (Å²) in [5, 5.41) is 0. The molecular formula is C13H22N4O. The van der Waals surface area contributed by atoms with Gasteiger partial charge in [0.15, 0.2) is 0 Å². The minimum absolute atomic E-state index is 0.173. The van der Waals surface area contributed by atoms with Crippen LogP contribution in [0.25, 0.3) is 0 Å². The van der Waals surface area contributed by atoms with Crippen molar-refractivity contribution in [1.29, 1.82) is 0 Å². The average Bonchev–Trinajstić information content (AvgIpc) is 2.78. The Kier molecular flexibility index (Phi) is 3.71. The summed E-state index contributed by atoms with van der Waals surface area (Å²) in [5.74, 6) is 1.25. The first-order chi connectivity index (χ1) is 8.44. The molecule has 1 aromatic rings. The van der Waals surface area contributed by atoms with E-state index in [-0.39, 0.29) is 5.60 Å². The molecule has 1 aliphatic heterocycles. The molecule has 1 aliphatic rings. The Hall–Kier alpha value is -1.36. The molecule has 1 saturated heterocycles. The third-order valence-corrected chi connectivity index (χ3v) is 2.87. The van der Waals surface area contributed by atoms with E-state index in [4.69, 9.17) is 10.5 Å². The zero-order chi connectivity index (χ0) is 13.2. The van der Waals surface area contributed by atoms with Gasteiger partial charge >= 0.3 is 0 Å². The van der Waals surface area contributed by atoms with Crippen LogP contribution in [0.2, 0.25) is 0 Å². The molecule has 0 unspecified atom stereocenters. The Balaban J connectivity index is 2.10. The van der Waals surface area contributed by atoms with Crippen molar-refractivity contribution in [3.05, 3.63) is 11.8 Å². The van der Waals surface area contributed by atoms with E-state index in [1.54, 1.807) is 0 Å². The van der Waals surface area contributed by atoms with Crippen molar-refractivity contribution in [1.82, 2.24) is 9.97 Å². The maximum atomic E-state index is 5.76. The van der Waals surface area contributed by atoms with E-state index in [9.17, 15) is 0 Å². The highest BCUT2D eigenvalue weighted by atomic mass is 16.5. The molecule has 0 radical (unpaired) electrons. The lowest BCUT2D eigenvalue weighted by molar-refractivity contribution is -0.0164. The zero-order valence-electron chi connectivity index (χ0n) is 11.4. The second-order valence-electron chi connectivity index (χ2n) is 5.67. The number of nitrogens with two attached hydrogens (primary N) is 1. The van der Waals surface area contributed by atoms with E-state index >= 15 is 0 Å². The molecule has 0 atom stereocenters. The molecule has 2 heterocycles. The van der Waals surface area contributed by atoms with Crippen molar-refractivity contribution in [2.75, 3.05) is 23.7 Å². The molecular weight excluding hydrogens is 228 g/mol. The molecule has 18 heavy (non-hydrogen) atoms. The van der Waals surface area contributed by atoms with Crippen molar-refractivity contribution < 1.29 is 4.74 Å². The quantitative estimate of drug-likeness (QED) is 0.888. The lowest BCUT2D eigenvalue weighted by atomic mass is 10.2. The molecule has 1 fully saturated rings. The number of anilines is 2. The second-order valence-corrected chi connectivity index (χ2v) is 5.67. The van der Waals surface area contributed by atoms with Crippen LogP contribution in [-0.2, 0) is 11.3 Å². The van der Waals surface area contributed by atoms with Crippen LogP contribution in [0.5, 0.6) is 0 Å². The molecule has 0 amide bonds. The van der Waals surface area contributed by atoms with Crippen molar-refractivity contribution in [2.45, 2.75) is 45.8 Å². The highest BCUT2D eigenvalue weighted by molar-refractivity contribution is 5.44. The van der Waals surface area contributed by atoms with Gasteiger partial charge in [-0.05, 0) is 33.6 Å². The molecule has 5 nitrogen and oxygen atoms in total. The molecule has 0 spiro atoms. The van der Waals surface area contributed by atoms with Crippen molar-refractivity contribution >= 4 is 11.8 Å². The smallest absolute Gasteiger partial charge is 0.222 e. The first-order valence-corrected chi connectivity index (χ1v) is 6.46. The van der Waals surface area contributed by atoms with Gasteiger partial charge in [-0.3, -0.25) is 0 Å². The van der Waals surface area contributed by atoms with Crippen LogP contribution in [-0.4, -0.2) is 28.7 Å². The van der Waals surface area contributed by atoms with E-state index in [1.807, 2.05) is 26.8 Å². The van der Waals surface area contributed by atoms with Crippen molar-refractivity contribution in [2.24, 2.45) is 0 Å². The fraction of sp³-hybridized carbons (Fsp3) is 0.692. The van der Waals surface area contributed by atoms with E-state index in [2.05, 4.69) is 14.9 Å². The summed E-state index contributed by atoms with van der Waals surface area (Å²) in [6.07, 6.45) is 2.44. The predicted octanol–water partition coefficient (Wildman–Crippen LogP) is 1.97. The van der Waals surface area contributed by atoms with Gasteiger partial charge in [0.1, 0.15) is 5.82 Å². The Morgan fingerprint density at radius 1 is 1.28 bits per heavy atom. The van der Waals surface area contributed by atoms with E-state index < -0.39 is 0 Å². The number of hydrogen-bond donors (Lipinski definition) is 1. The van der Waals surface area contributed by atoms with Crippen LogP contribution < -0.4 is 10.6 Å². The first kappa shape index (κ1) is 13.1. The normalized spacial score (nSPS) is 16.3. The SMILES string of the molecule is CC(C)(C)OCc1cc(N2CCCC2)nc(N)n1. The van der Waals surface area contributed by atoms with Gasteiger partial charge in [0, 0.05) is 19.2 Å². The number of ether oxygens (including phenoxy) is 1. The predicted molar refractivity (Wildman–Crippen MR) is 72.4 cm³/mol. The number of nitrogens with zero attached hydrogens (tertiary/aromatic N) is 3. The van der Waals surface area contributed by atoms with Crippen LogP contribution in [0.3, 0.4) is 0 Å². The summed E-state index contributed by atoms with van der Waals surface area (Å²) in [5.41, 5.74) is 6.44. The summed E-state index contributed by atoms with van der Waals surface area (Å²) >= 11 is 0. The minimum Gasteiger partial charge on any atom is -0.370 e. The number of rotatable bonds is 3. The molecule has 0 aliphatic carbocycles. The zero-order valence-corrected chi connectivity index (χ0v) is 11.4. The largest absolute Gasteiger partial charge is 0.370 e. The van der Waals surface area contributed by atoms with Crippen LogP contribution in [0, 0.1) is 0 Å².